The van der Waals surface area contributed by atoms with E-state index in [1.807, 2.05) is 0 Å². The quantitative estimate of drug-likeness (QED) is 0.374. The van der Waals surface area contributed by atoms with Crippen molar-refractivity contribution in [2.75, 3.05) is 5.88 Å². The Kier molecular flexibility index (Phi) is 6.68. The SMILES string of the molecule is CC(Cl)=CC(=O)CCCCCl. The first-order chi connectivity index (χ1) is 5.16. The molecular weight excluding hydrogens is 183 g/mol. The van der Waals surface area contributed by atoms with Crippen LogP contribution in [-0.4, -0.2) is 11.7 Å². The maximum atomic E-state index is 10.9. The number of alkyl halides is 1. The van der Waals surface area contributed by atoms with Crippen LogP contribution in [0, 0.1) is 0 Å². The van der Waals surface area contributed by atoms with Crippen LogP contribution in [0.3, 0.4) is 0 Å². The van der Waals surface area contributed by atoms with Crippen molar-refractivity contribution in [2.45, 2.75) is 26.2 Å². The number of unbranched alkanes of at least 4 members (excludes halogenated alkanes) is 1. The summed E-state index contributed by atoms with van der Waals surface area (Å²) >= 11 is 10.9. The minimum atomic E-state index is 0.0858. The molecule has 0 aromatic rings. The van der Waals surface area contributed by atoms with Crippen molar-refractivity contribution >= 4 is 29.0 Å². The van der Waals surface area contributed by atoms with Crippen LogP contribution in [0.2, 0.25) is 0 Å². The lowest BCUT2D eigenvalue weighted by molar-refractivity contribution is -0.114. The van der Waals surface area contributed by atoms with Crippen LogP contribution in [0.25, 0.3) is 0 Å². The van der Waals surface area contributed by atoms with E-state index < -0.39 is 0 Å². The Bertz CT molecular complexity index is 148. The highest BCUT2D eigenvalue weighted by Crippen LogP contribution is 2.03. The summed E-state index contributed by atoms with van der Waals surface area (Å²) < 4.78 is 0. The third-order valence-corrected chi connectivity index (χ3v) is 1.54. The minimum Gasteiger partial charge on any atom is -0.295 e. The van der Waals surface area contributed by atoms with Crippen molar-refractivity contribution in [3.05, 3.63) is 11.1 Å². The maximum absolute atomic E-state index is 10.9. The first-order valence-electron chi connectivity index (χ1n) is 3.59. The van der Waals surface area contributed by atoms with Crippen molar-refractivity contribution in [1.29, 1.82) is 0 Å². The summed E-state index contributed by atoms with van der Waals surface area (Å²) in [6.07, 6.45) is 3.75. The molecule has 0 rings (SSSR count). The van der Waals surface area contributed by atoms with Gasteiger partial charge < -0.3 is 0 Å². The lowest BCUT2D eigenvalue weighted by atomic mass is 10.2. The molecule has 0 saturated carbocycles. The Morgan fingerprint density at radius 1 is 1.45 bits per heavy atom. The van der Waals surface area contributed by atoms with Gasteiger partial charge >= 0.3 is 0 Å². The second kappa shape index (κ2) is 6.68. The predicted octanol–water partition coefficient (Wildman–Crippen LogP) is 3.11. The molecular formula is C8H12Cl2O. The number of rotatable bonds is 5. The Morgan fingerprint density at radius 3 is 2.55 bits per heavy atom. The van der Waals surface area contributed by atoms with Gasteiger partial charge in [0.2, 0.25) is 0 Å². The molecule has 0 aliphatic rings. The number of hydrogen-bond acceptors (Lipinski definition) is 1. The lowest BCUT2D eigenvalue weighted by Crippen LogP contribution is -1.92. The normalized spacial score (nSPS) is 11.7. The molecule has 0 bridgehead atoms. The zero-order chi connectivity index (χ0) is 8.69. The predicted molar refractivity (Wildman–Crippen MR) is 49.2 cm³/mol. The highest BCUT2D eigenvalue weighted by molar-refractivity contribution is 6.30. The van der Waals surface area contributed by atoms with Crippen molar-refractivity contribution in [3.63, 3.8) is 0 Å². The third-order valence-electron chi connectivity index (χ3n) is 1.17. The van der Waals surface area contributed by atoms with E-state index in [4.69, 9.17) is 23.2 Å². The van der Waals surface area contributed by atoms with Crippen LogP contribution in [0.5, 0.6) is 0 Å². The number of halogens is 2. The number of carbonyl (C=O) groups excluding carboxylic acids is 1. The first-order valence-corrected chi connectivity index (χ1v) is 4.50. The van der Waals surface area contributed by atoms with Gasteiger partial charge in [-0.3, -0.25) is 4.79 Å². The van der Waals surface area contributed by atoms with Gasteiger partial charge in [0.25, 0.3) is 0 Å². The summed E-state index contributed by atoms with van der Waals surface area (Å²) in [4.78, 5) is 10.9. The Labute approximate surface area is 77.4 Å². The van der Waals surface area contributed by atoms with E-state index in [1.165, 1.54) is 6.08 Å². The highest BCUT2D eigenvalue weighted by atomic mass is 35.5. The molecule has 0 aliphatic heterocycles. The summed E-state index contributed by atoms with van der Waals surface area (Å²) in [6, 6.07) is 0. The molecule has 0 heterocycles. The van der Waals surface area contributed by atoms with Gasteiger partial charge in [-0.2, -0.15) is 0 Å². The van der Waals surface area contributed by atoms with Crippen LogP contribution >= 0.6 is 23.2 Å². The summed E-state index contributed by atoms with van der Waals surface area (Å²) in [5.41, 5.74) is 0. The van der Waals surface area contributed by atoms with Crippen molar-refractivity contribution in [1.82, 2.24) is 0 Å². The fourth-order valence-corrected chi connectivity index (χ4v) is 0.998. The number of ketones is 1. The molecule has 0 spiro atoms. The van der Waals surface area contributed by atoms with E-state index in [2.05, 4.69) is 0 Å². The summed E-state index contributed by atoms with van der Waals surface area (Å²) in [5.74, 6) is 0.708. The molecule has 11 heavy (non-hydrogen) atoms. The second-order valence-electron chi connectivity index (χ2n) is 2.34. The second-order valence-corrected chi connectivity index (χ2v) is 3.32. The van der Waals surface area contributed by atoms with Gasteiger partial charge in [0.05, 0.1) is 0 Å². The van der Waals surface area contributed by atoms with Crippen LogP contribution in [0.15, 0.2) is 11.1 Å². The molecule has 1 nitrogen and oxygen atoms in total. The number of allylic oxidation sites excluding steroid dienone is 2. The molecule has 0 unspecified atom stereocenters. The van der Waals surface area contributed by atoms with E-state index in [0.29, 0.717) is 17.3 Å². The summed E-state index contributed by atoms with van der Waals surface area (Å²) in [7, 11) is 0. The molecule has 3 heteroatoms. The molecule has 64 valence electrons. The van der Waals surface area contributed by atoms with E-state index in [-0.39, 0.29) is 5.78 Å². The molecule has 0 amide bonds. The van der Waals surface area contributed by atoms with E-state index in [1.54, 1.807) is 6.92 Å². The molecule has 0 fully saturated rings. The fraction of sp³-hybridized carbons (Fsp3) is 0.625. The molecule has 0 aromatic carbocycles. The van der Waals surface area contributed by atoms with Gasteiger partial charge in [-0.25, -0.2) is 0 Å². The standard InChI is InChI=1S/C8H12Cl2O/c1-7(10)6-8(11)4-2-3-5-9/h6H,2-5H2,1H3. The minimum absolute atomic E-state index is 0.0858. The number of hydrogen-bond donors (Lipinski definition) is 0. The van der Waals surface area contributed by atoms with Gasteiger partial charge in [-0.15, -0.1) is 11.6 Å². The molecule has 0 saturated heterocycles. The number of carbonyl (C=O) groups is 1. The van der Waals surface area contributed by atoms with Crippen molar-refractivity contribution < 1.29 is 4.79 Å². The van der Waals surface area contributed by atoms with Crippen LogP contribution in [0.4, 0.5) is 0 Å². The van der Waals surface area contributed by atoms with Gasteiger partial charge in [-0.1, -0.05) is 11.6 Å². The molecule has 0 atom stereocenters. The highest BCUT2D eigenvalue weighted by Gasteiger charge is 1.96. The van der Waals surface area contributed by atoms with Gasteiger partial charge in [-0.05, 0) is 25.8 Å². The average molecular weight is 195 g/mol. The van der Waals surface area contributed by atoms with Crippen LogP contribution in [-0.2, 0) is 4.79 Å². The van der Waals surface area contributed by atoms with E-state index in [0.717, 1.165) is 12.8 Å². The van der Waals surface area contributed by atoms with Gasteiger partial charge in [0.15, 0.2) is 5.78 Å². The molecule has 0 N–H and O–H groups in total. The molecule has 0 aromatic heterocycles. The third kappa shape index (κ3) is 7.89. The van der Waals surface area contributed by atoms with Crippen molar-refractivity contribution in [2.24, 2.45) is 0 Å². The van der Waals surface area contributed by atoms with Crippen LogP contribution < -0.4 is 0 Å². The zero-order valence-corrected chi connectivity index (χ0v) is 8.08. The summed E-state index contributed by atoms with van der Waals surface area (Å²) in [5, 5.41) is 0.542. The summed E-state index contributed by atoms with van der Waals surface area (Å²) in [6.45, 7) is 1.70. The Hall–Kier alpha value is -0.0100. The van der Waals surface area contributed by atoms with Gasteiger partial charge in [0.1, 0.15) is 0 Å². The monoisotopic (exact) mass is 194 g/mol. The van der Waals surface area contributed by atoms with Gasteiger partial charge in [0, 0.05) is 17.3 Å². The average Bonchev–Trinajstić information content (AvgIpc) is 1.86. The Balaban J connectivity index is 3.46. The van der Waals surface area contributed by atoms with Crippen LogP contribution in [0.1, 0.15) is 26.2 Å². The fourth-order valence-electron chi connectivity index (χ4n) is 0.688. The topological polar surface area (TPSA) is 17.1 Å². The molecule has 0 aliphatic carbocycles. The Morgan fingerprint density at radius 2 is 2.09 bits per heavy atom. The largest absolute Gasteiger partial charge is 0.295 e. The first kappa shape index (κ1) is 11.0. The lowest BCUT2D eigenvalue weighted by Gasteiger charge is -1.93. The smallest absolute Gasteiger partial charge is 0.156 e. The van der Waals surface area contributed by atoms with E-state index in [9.17, 15) is 4.79 Å². The van der Waals surface area contributed by atoms with E-state index >= 15 is 0 Å². The zero-order valence-electron chi connectivity index (χ0n) is 6.57. The molecule has 0 radical (unpaired) electrons. The van der Waals surface area contributed by atoms with Crippen molar-refractivity contribution in [3.8, 4) is 0 Å². The maximum Gasteiger partial charge on any atom is 0.156 e.